The Bertz CT molecular complexity index is 767. The summed E-state index contributed by atoms with van der Waals surface area (Å²) >= 11 is 1.60. The first kappa shape index (κ1) is 19.9. The molecule has 1 heterocycles. The van der Waals surface area contributed by atoms with Crippen molar-refractivity contribution in [3.05, 3.63) is 46.2 Å². The van der Waals surface area contributed by atoms with Gasteiger partial charge in [0.2, 0.25) is 10.0 Å². The van der Waals surface area contributed by atoms with Crippen molar-refractivity contribution in [2.24, 2.45) is 5.92 Å². The van der Waals surface area contributed by atoms with Crippen LogP contribution in [0.4, 0.5) is 0 Å². The van der Waals surface area contributed by atoms with Gasteiger partial charge in [0.15, 0.2) is 0 Å². The van der Waals surface area contributed by atoms with E-state index in [1.54, 1.807) is 42.7 Å². The predicted octanol–water partition coefficient (Wildman–Crippen LogP) is 3.76. The van der Waals surface area contributed by atoms with Gasteiger partial charge in [-0.2, -0.15) is 0 Å². The summed E-state index contributed by atoms with van der Waals surface area (Å²) in [5.74, 6) is 1.08. The van der Waals surface area contributed by atoms with Crippen LogP contribution in [-0.4, -0.2) is 28.7 Å². The molecule has 0 saturated carbocycles. The van der Waals surface area contributed by atoms with Crippen molar-refractivity contribution in [3.63, 3.8) is 0 Å². The molecule has 1 aromatic heterocycles. The van der Waals surface area contributed by atoms with E-state index >= 15 is 0 Å². The molecular weight excluding hydrogens is 358 g/mol. The molecule has 0 bridgehead atoms. The number of thiophene rings is 1. The molecule has 1 atom stereocenters. The molecule has 7 heteroatoms. The van der Waals surface area contributed by atoms with Crippen molar-refractivity contribution in [2.45, 2.75) is 31.8 Å². The number of hydrogen-bond donors (Lipinski definition) is 1. The summed E-state index contributed by atoms with van der Waals surface area (Å²) < 4.78 is 38.5. The van der Waals surface area contributed by atoms with E-state index in [0.29, 0.717) is 18.3 Å². The van der Waals surface area contributed by atoms with Crippen LogP contribution in [0.15, 0.2) is 41.3 Å². The first-order chi connectivity index (χ1) is 11.8. The van der Waals surface area contributed by atoms with Gasteiger partial charge in [-0.3, -0.25) is 0 Å². The Labute approximate surface area is 154 Å². The van der Waals surface area contributed by atoms with E-state index in [4.69, 9.17) is 9.47 Å². The van der Waals surface area contributed by atoms with Crippen LogP contribution in [0.5, 0.6) is 5.75 Å². The summed E-state index contributed by atoms with van der Waals surface area (Å²) in [6.07, 6.45) is -0.304. The number of aryl methyl sites for hydroxylation is 1. The van der Waals surface area contributed by atoms with Gasteiger partial charge in [0, 0.05) is 23.4 Å². The minimum Gasteiger partial charge on any atom is -0.493 e. The summed E-state index contributed by atoms with van der Waals surface area (Å²) in [6.45, 7) is 6.91. The molecule has 0 saturated heterocycles. The second-order valence-electron chi connectivity index (χ2n) is 6.20. The van der Waals surface area contributed by atoms with Gasteiger partial charge in [-0.05, 0) is 49.2 Å². The average Bonchev–Trinajstić information content (AvgIpc) is 3.00. The summed E-state index contributed by atoms with van der Waals surface area (Å²) in [5, 5.41) is 0. The fourth-order valence-corrected chi connectivity index (χ4v) is 4.16. The smallest absolute Gasteiger partial charge is 0.240 e. The highest BCUT2D eigenvalue weighted by atomic mass is 32.2. The lowest BCUT2D eigenvalue weighted by atomic mass is 10.2. The van der Waals surface area contributed by atoms with Crippen LogP contribution in [-0.2, 0) is 14.8 Å². The number of rotatable bonds is 9. The zero-order valence-electron chi connectivity index (χ0n) is 15.0. The molecule has 138 valence electrons. The van der Waals surface area contributed by atoms with Crippen molar-refractivity contribution >= 4 is 21.4 Å². The van der Waals surface area contributed by atoms with E-state index in [1.165, 1.54) is 0 Å². The van der Waals surface area contributed by atoms with E-state index in [2.05, 4.69) is 18.6 Å². The van der Waals surface area contributed by atoms with E-state index < -0.39 is 10.0 Å². The SMILES string of the molecule is COC(CNS(=O)(=O)c1ccc(OCC(C)C)cc1)c1ccc(C)s1. The fraction of sp³-hybridized carbons (Fsp3) is 0.444. The quantitative estimate of drug-likeness (QED) is 0.716. The van der Waals surface area contributed by atoms with Crippen LogP contribution >= 0.6 is 11.3 Å². The molecule has 2 aromatic rings. The first-order valence-electron chi connectivity index (χ1n) is 8.13. The molecule has 5 nitrogen and oxygen atoms in total. The van der Waals surface area contributed by atoms with Gasteiger partial charge in [0.25, 0.3) is 0 Å². The van der Waals surface area contributed by atoms with Gasteiger partial charge in [0.1, 0.15) is 11.9 Å². The lowest BCUT2D eigenvalue weighted by Gasteiger charge is -2.15. The van der Waals surface area contributed by atoms with Crippen LogP contribution < -0.4 is 9.46 Å². The van der Waals surface area contributed by atoms with Crippen LogP contribution in [0.25, 0.3) is 0 Å². The van der Waals surface area contributed by atoms with E-state index in [0.717, 1.165) is 9.75 Å². The topological polar surface area (TPSA) is 64.6 Å². The summed E-state index contributed by atoms with van der Waals surface area (Å²) in [4.78, 5) is 2.37. The Morgan fingerprint density at radius 2 is 1.80 bits per heavy atom. The predicted molar refractivity (Wildman–Crippen MR) is 101 cm³/mol. The summed E-state index contributed by atoms with van der Waals surface area (Å²) in [5.41, 5.74) is 0. The zero-order chi connectivity index (χ0) is 18.4. The minimum absolute atomic E-state index is 0.185. The Hall–Kier alpha value is -1.41. The Morgan fingerprint density at radius 1 is 1.12 bits per heavy atom. The third kappa shape index (κ3) is 5.81. The Balaban J connectivity index is 2.00. The highest BCUT2D eigenvalue weighted by molar-refractivity contribution is 7.89. The van der Waals surface area contributed by atoms with E-state index in [9.17, 15) is 8.42 Å². The van der Waals surface area contributed by atoms with E-state index in [1.807, 2.05) is 19.1 Å². The molecule has 25 heavy (non-hydrogen) atoms. The molecule has 0 aliphatic heterocycles. The monoisotopic (exact) mass is 383 g/mol. The third-order valence-electron chi connectivity index (χ3n) is 3.54. The second kappa shape index (κ2) is 8.80. The molecular formula is C18H25NO4S2. The highest BCUT2D eigenvalue weighted by Gasteiger charge is 2.19. The maximum Gasteiger partial charge on any atom is 0.240 e. The Morgan fingerprint density at radius 3 is 2.32 bits per heavy atom. The lowest BCUT2D eigenvalue weighted by molar-refractivity contribution is 0.110. The van der Waals surface area contributed by atoms with Crippen molar-refractivity contribution < 1.29 is 17.9 Å². The summed E-state index contributed by atoms with van der Waals surface area (Å²) in [7, 11) is -2.02. The number of ether oxygens (including phenoxy) is 2. The number of methoxy groups -OCH3 is 1. The normalized spacial score (nSPS) is 13.2. The van der Waals surface area contributed by atoms with Crippen LogP contribution in [0, 0.1) is 12.8 Å². The first-order valence-corrected chi connectivity index (χ1v) is 10.4. The molecule has 0 spiro atoms. The molecule has 1 unspecified atom stereocenters. The Kier molecular flexibility index (Phi) is 7.01. The van der Waals surface area contributed by atoms with Gasteiger partial charge >= 0.3 is 0 Å². The van der Waals surface area contributed by atoms with Crippen LogP contribution in [0.2, 0.25) is 0 Å². The molecule has 0 aliphatic carbocycles. The van der Waals surface area contributed by atoms with Crippen LogP contribution in [0.1, 0.15) is 29.7 Å². The van der Waals surface area contributed by atoms with Crippen molar-refractivity contribution in [1.82, 2.24) is 4.72 Å². The molecule has 2 rings (SSSR count). The largest absolute Gasteiger partial charge is 0.493 e. The molecule has 0 radical (unpaired) electrons. The van der Waals surface area contributed by atoms with Crippen molar-refractivity contribution in [2.75, 3.05) is 20.3 Å². The van der Waals surface area contributed by atoms with Gasteiger partial charge < -0.3 is 9.47 Å². The molecule has 1 N–H and O–H groups in total. The fourth-order valence-electron chi connectivity index (χ4n) is 2.17. The third-order valence-corrected chi connectivity index (χ3v) is 6.07. The number of sulfonamides is 1. The molecule has 1 aromatic carbocycles. The van der Waals surface area contributed by atoms with Gasteiger partial charge in [0.05, 0.1) is 11.5 Å². The van der Waals surface area contributed by atoms with Gasteiger partial charge in [-0.15, -0.1) is 11.3 Å². The van der Waals surface area contributed by atoms with Crippen molar-refractivity contribution in [3.8, 4) is 5.75 Å². The van der Waals surface area contributed by atoms with Gasteiger partial charge in [-0.25, -0.2) is 13.1 Å². The maximum atomic E-state index is 12.5. The maximum absolute atomic E-state index is 12.5. The number of benzene rings is 1. The van der Waals surface area contributed by atoms with Crippen LogP contribution in [0.3, 0.4) is 0 Å². The minimum atomic E-state index is -3.60. The number of nitrogens with one attached hydrogen (secondary N) is 1. The highest BCUT2D eigenvalue weighted by Crippen LogP contribution is 2.25. The summed E-state index contributed by atoms with van der Waals surface area (Å²) in [6, 6.07) is 10.4. The van der Waals surface area contributed by atoms with E-state index in [-0.39, 0.29) is 17.5 Å². The van der Waals surface area contributed by atoms with Crippen molar-refractivity contribution in [1.29, 1.82) is 0 Å². The van der Waals surface area contributed by atoms with Gasteiger partial charge in [-0.1, -0.05) is 13.8 Å². The zero-order valence-corrected chi connectivity index (χ0v) is 16.6. The molecule has 0 fully saturated rings. The lowest BCUT2D eigenvalue weighted by Crippen LogP contribution is -2.29. The molecule has 0 aliphatic rings. The standard InChI is InChI=1S/C18H25NO4S2/c1-13(2)12-23-15-6-8-16(9-7-15)25(20,21)19-11-17(22-4)18-10-5-14(3)24-18/h5-10,13,17,19H,11-12H2,1-4H3. The average molecular weight is 384 g/mol. The number of hydrogen-bond acceptors (Lipinski definition) is 5. The molecule has 0 amide bonds. The second-order valence-corrected chi connectivity index (χ2v) is 9.29.